The summed E-state index contributed by atoms with van der Waals surface area (Å²) in [5.74, 6) is 0. The van der Waals surface area contributed by atoms with E-state index in [2.05, 4.69) is 59.9 Å². The maximum absolute atomic E-state index is 12.9. The van der Waals surface area contributed by atoms with Gasteiger partial charge in [-0.25, -0.2) is 0 Å². The third-order valence-electron chi connectivity index (χ3n) is 6.55. The lowest BCUT2D eigenvalue weighted by atomic mass is 9.96. The van der Waals surface area contributed by atoms with E-state index in [0.29, 0.717) is 12.6 Å². The number of fused-ring (bicyclic) bond motifs is 1. The van der Waals surface area contributed by atoms with Crippen LogP contribution in [0.1, 0.15) is 62.6 Å². The fourth-order valence-electron chi connectivity index (χ4n) is 4.61. The molecule has 170 valence electrons. The minimum atomic E-state index is -0.0224. The predicted octanol–water partition coefficient (Wildman–Crippen LogP) is 4.50. The van der Waals surface area contributed by atoms with Crippen LogP contribution >= 0.6 is 12.2 Å². The summed E-state index contributed by atoms with van der Waals surface area (Å²) in [4.78, 5) is 20.6. The first-order valence-corrected chi connectivity index (χ1v) is 12.2. The fourth-order valence-corrected chi connectivity index (χ4v) is 4.93. The minimum Gasteiger partial charge on any atom is -0.360 e. The monoisotopic (exact) mass is 442 g/mol. The first-order chi connectivity index (χ1) is 14.9. The van der Waals surface area contributed by atoms with Crippen molar-refractivity contribution in [2.75, 3.05) is 26.2 Å². The molecule has 2 N–H and O–H groups in total. The molecule has 31 heavy (non-hydrogen) atoms. The summed E-state index contributed by atoms with van der Waals surface area (Å²) >= 11 is 5.85. The van der Waals surface area contributed by atoms with Crippen LogP contribution in [0, 0.1) is 13.8 Å². The average molecular weight is 443 g/mol. The number of nitrogens with zero attached hydrogens (tertiary/aromatic N) is 2. The normalized spacial score (nSPS) is 14.9. The number of rotatable bonds is 8. The number of aryl methyl sites for hydroxylation is 2. The van der Waals surface area contributed by atoms with Crippen molar-refractivity contribution < 1.29 is 0 Å². The van der Waals surface area contributed by atoms with Gasteiger partial charge in [0.2, 0.25) is 0 Å². The van der Waals surface area contributed by atoms with Crippen LogP contribution in [0.3, 0.4) is 0 Å². The van der Waals surface area contributed by atoms with Crippen LogP contribution in [-0.2, 0) is 6.54 Å². The number of aromatic amines is 1. The lowest BCUT2D eigenvalue weighted by molar-refractivity contribution is 0.261. The molecule has 0 radical (unpaired) electrons. The Bertz CT molecular complexity index is 944. The molecule has 0 atom stereocenters. The number of benzene rings is 1. The SMILES string of the molecule is CCN(CC)CCN(Cc1cc2c(C)cc(C)cc2[nH]c1=O)C(=S)NC1CCCCC1. The van der Waals surface area contributed by atoms with Gasteiger partial charge in [-0.2, -0.15) is 0 Å². The van der Waals surface area contributed by atoms with E-state index in [0.717, 1.165) is 53.3 Å². The molecule has 1 saturated carbocycles. The molecule has 6 heteroatoms. The summed E-state index contributed by atoms with van der Waals surface area (Å²) in [7, 11) is 0. The third-order valence-corrected chi connectivity index (χ3v) is 6.93. The van der Waals surface area contributed by atoms with Crippen molar-refractivity contribution in [2.45, 2.75) is 72.4 Å². The van der Waals surface area contributed by atoms with E-state index in [1.54, 1.807) is 0 Å². The maximum atomic E-state index is 12.9. The minimum absolute atomic E-state index is 0.0224. The quantitative estimate of drug-likeness (QED) is 0.590. The van der Waals surface area contributed by atoms with Crippen molar-refractivity contribution in [3.05, 3.63) is 45.2 Å². The lowest BCUT2D eigenvalue weighted by Crippen LogP contribution is -2.47. The standard InChI is InChI=1S/C25H38N4OS/c1-5-28(6-2)12-13-29(25(31)26-21-10-8-7-9-11-21)17-20-16-22-19(4)14-18(3)15-23(22)27-24(20)30/h14-16,21H,5-13,17H2,1-4H3,(H,26,31)(H,27,30). The predicted molar refractivity (Wildman–Crippen MR) is 135 cm³/mol. The summed E-state index contributed by atoms with van der Waals surface area (Å²) in [6.45, 7) is 12.8. The number of thiocarbonyl (C=S) groups is 1. The Balaban J connectivity index is 1.83. The Hall–Kier alpha value is -1.92. The van der Waals surface area contributed by atoms with E-state index < -0.39 is 0 Å². The van der Waals surface area contributed by atoms with Gasteiger partial charge in [-0.15, -0.1) is 0 Å². The van der Waals surface area contributed by atoms with Crippen molar-refractivity contribution in [2.24, 2.45) is 0 Å². The number of likely N-dealkylation sites (N-methyl/N-ethyl adjacent to an activating group) is 1. The summed E-state index contributed by atoms with van der Waals surface area (Å²) in [6, 6.07) is 6.72. The molecule has 0 bridgehead atoms. The van der Waals surface area contributed by atoms with E-state index in [9.17, 15) is 4.79 Å². The van der Waals surface area contributed by atoms with Gasteiger partial charge in [-0.05, 0) is 75.3 Å². The van der Waals surface area contributed by atoms with Crippen molar-refractivity contribution in [3.63, 3.8) is 0 Å². The molecule has 0 aliphatic heterocycles. The van der Waals surface area contributed by atoms with Gasteiger partial charge in [0.15, 0.2) is 5.11 Å². The molecular formula is C25H38N4OS. The number of hydrogen-bond acceptors (Lipinski definition) is 3. The molecule has 1 aromatic carbocycles. The average Bonchev–Trinajstić information content (AvgIpc) is 2.74. The van der Waals surface area contributed by atoms with Crippen LogP contribution in [0.2, 0.25) is 0 Å². The lowest BCUT2D eigenvalue weighted by Gasteiger charge is -2.32. The molecule has 5 nitrogen and oxygen atoms in total. The topological polar surface area (TPSA) is 51.4 Å². The van der Waals surface area contributed by atoms with Gasteiger partial charge < -0.3 is 20.1 Å². The van der Waals surface area contributed by atoms with Gasteiger partial charge >= 0.3 is 0 Å². The van der Waals surface area contributed by atoms with Crippen molar-refractivity contribution in [1.29, 1.82) is 0 Å². The molecule has 2 aromatic rings. The molecule has 1 heterocycles. The van der Waals surface area contributed by atoms with E-state index >= 15 is 0 Å². The molecular weight excluding hydrogens is 404 g/mol. The molecule has 0 amide bonds. The van der Waals surface area contributed by atoms with Crippen molar-refractivity contribution in [1.82, 2.24) is 20.1 Å². The molecule has 3 rings (SSSR count). The van der Waals surface area contributed by atoms with Gasteiger partial charge in [0.05, 0.1) is 6.54 Å². The zero-order valence-corrected chi connectivity index (χ0v) is 20.4. The van der Waals surface area contributed by atoms with E-state index in [1.807, 2.05) is 6.07 Å². The Labute approximate surface area is 192 Å². The Morgan fingerprint density at radius 1 is 1.10 bits per heavy atom. The summed E-state index contributed by atoms with van der Waals surface area (Å²) in [5.41, 5.74) is 4.00. The van der Waals surface area contributed by atoms with Crippen LogP contribution in [-0.4, -0.2) is 52.1 Å². The van der Waals surface area contributed by atoms with Gasteiger partial charge in [0.25, 0.3) is 5.56 Å². The van der Waals surface area contributed by atoms with Crippen molar-refractivity contribution >= 4 is 28.2 Å². The highest BCUT2D eigenvalue weighted by Gasteiger charge is 2.19. The molecule has 0 spiro atoms. The zero-order chi connectivity index (χ0) is 22.4. The van der Waals surface area contributed by atoms with Crippen LogP contribution in [0.25, 0.3) is 10.9 Å². The number of aromatic nitrogens is 1. The molecule has 0 unspecified atom stereocenters. The molecule has 1 fully saturated rings. The van der Waals surface area contributed by atoms with Crippen LogP contribution in [0.15, 0.2) is 23.0 Å². The highest BCUT2D eigenvalue weighted by molar-refractivity contribution is 7.80. The number of H-pyrrole nitrogens is 1. The summed E-state index contributed by atoms with van der Waals surface area (Å²) < 4.78 is 0. The molecule has 0 saturated heterocycles. The number of pyridine rings is 1. The third kappa shape index (κ3) is 6.30. The first-order valence-electron chi connectivity index (χ1n) is 11.8. The van der Waals surface area contributed by atoms with Crippen molar-refractivity contribution in [3.8, 4) is 0 Å². The Morgan fingerprint density at radius 2 is 1.81 bits per heavy atom. The first kappa shape index (κ1) is 23.7. The Morgan fingerprint density at radius 3 is 2.48 bits per heavy atom. The summed E-state index contributed by atoms with van der Waals surface area (Å²) in [5, 5.41) is 5.48. The van der Waals surface area contributed by atoms with Gasteiger partial charge in [-0.3, -0.25) is 4.79 Å². The molecule has 1 aromatic heterocycles. The smallest absolute Gasteiger partial charge is 0.253 e. The van der Waals surface area contributed by atoms with Crippen LogP contribution < -0.4 is 10.9 Å². The number of nitrogens with one attached hydrogen (secondary N) is 2. The van der Waals surface area contributed by atoms with Gasteiger partial charge in [0.1, 0.15) is 0 Å². The highest BCUT2D eigenvalue weighted by atomic mass is 32.1. The fraction of sp³-hybridized carbons (Fsp3) is 0.600. The zero-order valence-electron chi connectivity index (χ0n) is 19.6. The Kier molecular flexibility index (Phi) is 8.50. The number of hydrogen-bond donors (Lipinski definition) is 2. The summed E-state index contributed by atoms with van der Waals surface area (Å²) in [6.07, 6.45) is 6.21. The largest absolute Gasteiger partial charge is 0.360 e. The molecule has 1 aliphatic rings. The van der Waals surface area contributed by atoms with E-state index in [4.69, 9.17) is 12.2 Å². The van der Waals surface area contributed by atoms with Crippen LogP contribution in [0.4, 0.5) is 0 Å². The van der Waals surface area contributed by atoms with Crippen LogP contribution in [0.5, 0.6) is 0 Å². The van der Waals surface area contributed by atoms with Gasteiger partial charge in [0, 0.05) is 35.6 Å². The maximum Gasteiger partial charge on any atom is 0.253 e. The van der Waals surface area contributed by atoms with E-state index in [-0.39, 0.29) is 5.56 Å². The second-order valence-corrected chi connectivity index (χ2v) is 9.29. The highest BCUT2D eigenvalue weighted by Crippen LogP contribution is 2.20. The van der Waals surface area contributed by atoms with E-state index in [1.165, 1.54) is 37.7 Å². The second-order valence-electron chi connectivity index (χ2n) is 8.90. The van der Waals surface area contributed by atoms with Gasteiger partial charge in [-0.1, -0.05) is 39.2 Å². The second kappa shape index (κ2) is 11.1. The molecule has 1 aliphatic carbocycles.